The van der Waals surface area contributed by atoms with Gasteiger partial charge in [0.2, 0.25) is 5.91 Å². The molecular formula is C12H21ClN4O. The summed E-state index contributed by atoms with van der Waals surface area (Å²) < 4.78 is 1.78. The second kappa shape index (κ2) is 6.20. The Labute approximate surface area is 114 Å². The number of carbonyl (C=O) groups is 1. The Morgan fingerprint density at radius 2 is 2.44 bits per heavy atom. The number of piperidine rings is 1. The predicted octanol–water partition coefficient (Wildman–Crippen LogP) is 0.848. The summed E-state index contributed by atoms with van der Waals surface area (Å²) in [6.07, 6.45) is 3.76. The first-order chi connectivity index (χ1) is 8.12. The minimum Gasteiger partial charge on any atom is -0.350 e. The van der Waals surface area contributed by atoms with Crippen LogP contribution in [0.25, 0.3) is 0 Å². The maximum atomic E-state index is 12.1. The molecule has 1 unspecified atom stereocenters. The van der Waals surface area contributed by atoms with Gasteiger partial charge in [-0.1, -0.05) is 0 Å². The first-order valence-electron chi connectivity index (χ1n) is 6.08. The van der Waals surface area contributed by atoms with E-state index in [0.29, 0.717) is 6.54 Å². The molecule has 1 aromatic heterocycles. The topological polar surface area (TPSA) is 59.0 Å². The molecule has 1 aromatic rings. The van der Waals surface area contributed by atoms with E-state index in [-0.39, 0.29) is 23.7 Å². The summed E-state index contributed by atoms with van der Waals surface area (Å²) in [6.45, 7) is 4.36. The third-order valence-corrected chi connectivity index (χ3v) is 3.50. The highest BCUT2D eigenvalue weighted by Crippen LogP contribution is 2.25. The van der Waals surface area contributed by atoms with Gasteiger partial charge in [0.15, 0.2) is 0 Å². The number of amides is 1. The lowest BCUT2D eigenvalue weighted by Crippen LogP contribution is -2.48. The average Bonchev–Trinajstić information content (AvgIpc) is 2.73. The zero-order chi connectivity index (χ0) is 12.3. The normalized spacial score (nSPS) is 23.2. The number of aromatic nitrogens is 2. The Morgan fingerprint density at radius 1 is 1.67 bits per heavy atom. The van der Waals surface area contributed by atoms with E-state index >= 15 is 0 Å². The average molecular weight is 273 g/mol. The summed E-state index contributed by atoms with van der Waals surface area (Å²) in [5.41, 5.74) is 0.752. The Bertz CT molecular complexity index is 399. The van der Waals surface area contributed by atoms with Crippen molar-refractivity contribution in [3.8, 4) is 0 Å². The summed E-state index contributed by atoms with van der Waals surface area (Å²) in [5.74, 6) is 0.130. The molecule has 1 fully saturated rings. The van der Waals surface area contributed by atoms with E-state index in [0.717, 1.165) is 31.6 Å². The molecule has 1 aliphatic rings. The van der Waals surface area contributed by atoms with Crippen LogP contribution in [0.4, 0.5) is 0 Å². The Kier molecular flexibility index (Phi) is 5.16. The summed E-state index contributed by atoms with van der Waals surface area (Å²) in [4.78, 5) is 12.1. The molecule has 0 bridgehead atoms. The van der Waals surface area contributed by atoms with Crippen molar-refractivity contribution < 1.29 is 4.79 Å². The number of carbonyl (C=O) groups excluding carboxylic acids is 1. The van der Waals surface area contributed by atoms with E-state index in [1.807, 2.05) is 20.0 Å². The largest absolute Gasteiger partial charge is 0.350 e. The number of halogens is 1. The van der Waals surface area contributed by atoms with Gasteiger partial charge < -0.3 is 10.6 Å². The molecular weight excluding hydrogens is 252 g/mol. The molecule has 2 heterocycles. The van der Waals surface area contributed by atoms with Gasteiger partial charge in [0.1, 0.15) is 0 Å². The van der Waals surface area contributed by atoms with Crippen LogP contribution in [0.3, 0.4) is 0 Å². The van der Waals surface area contributed by atoms with Crippen LogP contribution < -0.4 is 10.6 Å². The standard InChI is InChI=1S/C12H20N4O.ClH/c1-12(5-3-6-13-9-12)11(17)14-8-10-4-7-15-16(10)2;/h4,7,13H,3,5-6,8-9H2,1-2H3,(H,14,17);1H. The summed E-state index contributed by atoms with van der Waals surface area (Å²) in [6, 6.07) is 1.92. The number of hydrogen-bond donors (Lipinski definition) is 2. The minimum absolute atomic E-state index is 0. The molecule has 1 aliphatic heterocycles. The summed E-state index contributed by atoms with van der Waals surface area (Å²) >= 11 is 0. The van der Waals surface area contributed by atoms with Crippen molar-refractivity contribution >= 4 is 18.3 Å². The van der Waals surface area contributed by atoms with E-state index < -0.39 is 0 Å². The van der Waals surface area contributed by atoms with E-state index in [1.54, 1.807) is 10.9 Å². The second-order valence-corrected chi connectivity index (χ2v) is 4.97. The lowest BCUT2D eigenvalue weighted by atomic mass is 9.82. The monoisotopic (exact) mass is 272 g/mol. The van der Waals surface area contributed by atoms with Crippen molar-refractivity contribution in [2.24, 2.45) is 12.5 Å². The molecule has 1 amide bonds. The van der Waals surface area contributed by atoms with Gasteiger partial charge in [-0.15, -0.1) is 12.4 Å². The van der Waals surface area contributed by atoms with Gasteiger partial charge in [-0.3, -0.25) is 9.48 Å². The first-order valence-corrected chi connectivity index (χ1v) is 6.08. The van der Waals surface area contributed by atoms with Crippen LogP contribution in [0.15, 0.2) is 12.3 Å². The zero-order valence-electron chi connectivity index (χ0n) is 10.9. The summed E-state index contributed by atoms with van der Waals surface area (Å²) in [5, 5.41) is 10.4. The van der Waals surface area contributed by atoms with Crippen molar-refractivity contribution in [2.75, 3.05) is 13.1 Å². The van der Waals surface area contributed by atoms with Gasteiger partial charge >= 0.3 is 0 Å². The van der Waals surface area contributed by atoms with Gasteiger partial charge in [-0.05, 0) is 32.4 Å². The highest BCUT2D eigenvalue weighted by molar-refractivity contribution is 5.85. The molecule has 18 heavy (non-hydrogen) atoms. The highest BCUT2D eigenvalue weighted by atomic mass is 35.5. The van der Waals surface area contributed by atoms with Crippen LogP contribution in [0, 0.1) is 5.41 Å². The molecule has 0 aliphatic carbocycles. The van der Waals surface area contributed by atoms with Crippen molar-refractivity contribution in [1.29, 1.82) is 0 Å². The predicted molar refractivity (Wildman–Crippen MR) is 72.5 cm³/mol. The van der Waals surface area contributed by atoms with Crippen molar-refractivity contribution in [3.63, 3.8) is 0 Å². The number of nitrogens with zero attached hydrogens (tertiary/aromatic N) is 2. The zero-order valence-corrected chi connectivity index (χ0v) is 11.7. The summed E-state index contributed by atoms with van der Waals surface area (Å²) in [7, 11) is 1.88. The van der Waals surface area contributed by atoms with Crippen molar-refractivity contribution in [1.82, 2.24) is 20.4 Å². The van der Waals surface area contributed by atoms with Crippen molar-refractivity contribution in [3.05, 3.63) is 18.0 Å². The molecule has 6 heteroatoms. The third kappa shape index (κ3) is 3.23. The number of aryl methyl sites for hydroxylation is 1. The third-order valence-electron chi connectivity index (χ3n) is 3.50. The van der Waals surface area contributed by atoms with Gasteiger partial charge in [-0.2, -0.15) is 5.10 Å². The Hall–Kier alpha value is -1.07. The van der Waals surface area contributed by atoms with Crippen molar-refractivity contribution in [2.45, 2.75) is 26.3 Å². The van der Waals surface area contributed by atoms with Crippen LogP contribution in [-0.4, -0.2) is 28.8 Å². The van der Waals surface area contributed by atoms with E-state index in [1.165, 1.54) is 0 Å². The van der Waals surface area contributed by atoms with Gasteiger partial charge in [0.25, 0.3) is 0 Å². The molecule has 2 rings (SSSR count). The fourth-order valence-electron chi connectivity index (χ4n) is 2.21. The molecule has 0 aromatic carbocycles. The van der Waals surface area contributed by atoms with E-state index in [9.17, 15) is 4.79 Å². The van der Waals surface area contributed by atoms with Crippen LogP contribution >= 0.6 is 12.4 Å². The van der Waals surface area contributed by atoms with Crippen LogP contribution in [0.2, 0.25) is 0 Å². The molecule has 0 saturated carbocycles. The maximum absolute atomic E-state index is 12.1. The van der Waals surface area contributed by atoms with Gasteiger partial charge in [-0.25, -0.2) is 0 Å². The molecule has 5 nitrogen and oxygen atoms in total. The minimum atomic E-state index is -0.267. The molecule has 2 N–H and O–H groups in total. The fraction of sp³-hybridized carbons (Fsp3) is 0.667. The van der Waals surface area contributed by atoms with Crippen LogP contribution in [0.1, 0.15) is 25.5 Å². The molecule has 1 atom stereocenters. The molecule has 1 saturated heterocycles. The number of nitrogens with one attached hydrogen (secondary N) is 2. The van der Waals surface area contributed by atoms with E-state index in [2.05, 4.69) is 15.7 Å². The lowest BCUT2D eigenvalue weighted by Gasteiger charge is -2.32. The van der Waals surface area contributed by atoms with Crippen LogP contribution in [-0.2, 0) is 18.4 Å². The second-order valence-electron chi connectivity index (χ2n) is 4.97. The SMILES string of the molecule is Cl.Cn1nccc1CNC(=O)C1(C)CCCNC1. The number of rotatable bonds is 3. The van der Waals surface area contributed by atoms with Crippen LogP contribution in [0.5, 0.6) is 0 Å². The smallest absolute Gasteiger partial charge is 0.227 e. The molecule has 0 spiro atoms. The Morgan fingerprint density at radius 3 is 3.00 bits per heavy atom. The number of hydrogen-bond acceptors (Lipinski definition) is 3. The van der Waals surface area contributed by atoms with Gasteiger partial charge in [0.05, 0.1) is 17.7 Å². The lowest BCUT2D eigenvalue weighted by molar-refractivity contribution is -0.131. The maximum Gasteiger partial charge on any atom is 0.227 e. The highest BCUT2D eigenvalue weighted by Gasteiger charge is 2.34. The van der Waals surface area contributed by atoms with Gasteiger partial charge in [0, 0.05) is 19.8 Å². The first kappa shape index (κ1) is 15.0. The molecule has 0 radical (unpaired) electrons. The fourth-order valence-corrected chi connectivity index (χ4v) is 2.21. The molecule has 102 valence electrons. The Balaban J connectivity index is 0.00000162. The quantitative estimate of drug-likeness (QED) is 0.858. The van der Waals surface area contributed by atoms with E-state index in [4.69, 9.17) is 0 Å².